The Kier molecular flexibility index (Phi) is 5.94. The third-order valence-electron chi connectivity index (χ3n) is 5.79. The van der Waals surface area contributed by atoms with Crippen LogP contribution in [0.4, 0.5) is 5.69 Å². The minimum atomic E-state index is -0.612. The molecule has 1 aliphatic heterocycles. The molecule has 0 aliphatic carbocycles. The van der Waals surface area contributed by atoms with Crippen molar-refractivity contribution in [3.8, 4) is 27.7 Å². The summed E-state index contributed by atoms with van der Waals surface area (Å²) in [4.78, 5) is 36.9. The molecular formula is C27H23N3O3S. The van der Waals surface area contributed by atoms with Gasteiger partial charge in [-0.15, -0.1) is 11.3 Å². The van der Waals surface area contributed by atoms with Gasteiger partial charge in [-0.1, -0.05) is 42.8 Å². The number of anilines is 1. The molecule has 0 saturated carbocycles. The van der Waals surface area contributed by atoms with Gasteiger partial charge in [-0.25, -0.2) is 4.98 Å². The zero-order chi connectivity index (χ0) is 23.7. The summed E-state index contributed by atoms with van der Waals surface area (Å²) < 4.78 is 5.96. The lowest BCUT2D eigenvalue weighted by atomic mass is 10.0. The minimum Gasteiger partial charge on any atom is -0.478 e. The van der Waals surface area contributed by atoms with Crippen LogP contribution >= 0.6 is 11.3 Å². The summed E-state index contributed by atoms with van der Waals surface area (Å²) in [5.41, 5.74) is 4.68. The second-order valence-electron chi connectivity index (χ2n) is 8.16. The average molecular weight is 470 g/mol. The molecule has 0 N–H and O–H groups in total. The molecule has 4 aromatic rings. The maximum Gasteiger partial charge on any atom is 0.268 e. The Hall–Kier alpha value is -3.84. The fourth-order valence-electron chi connectivity index (χ4n) is 3.89. The maximum absolute atomic E-state index is 13.2. The van der Waals surface area contributed by atoms with Gasteiger partial charge < -0.3 is 4.74 Å². The van der Waals surface area contributed by atoms with Crippen LogP contribution in [-0.4, -0.2) is 34.3 Å². The number of hydrogen-bond donors (Lipinski definition) is 0. The molecule has 0 bridgehead atoms. The molecule has 0 spiro atoms. The third-order valence-corrected chi connectivity index (χ3v) is 6.66. The summed E-state index contributed by atoms with van der Waals surface area (Å²) in [5.74, 6) is 0.264. The second-order valence-corrected chi connectivity index (χ2v) is 9.02. The van der Waals surface area contributed by atoms with Crippen molar-refractivity contribution in [2.75, 3.05) is 11.4 Å². The van der Waals surface area contributed by atoms with Gasteiger partial charge in [-0.05, 0) is 43.7 Å². The normalized spacial score (nSPS) is 15.1. The van der Waals surface area contributed by atoms with Crippen molar-refractivity contribution >= 4 is 28.7 Å². The molecule has 1 aliphatic rings. The summed E-state index contributed by atoms with van der Waals surface area (Å²) in [6.07, 6.45) is 1.65. The quantitative estimate of drug-likeness (QED) is 0.345. The minimum absolute atomic E-state index is 0.0472. The van der Waals surface area contributed by atoms with E-state index in [0.29, 0.717) is 23.4 Å². The Bertz CT molecular complexity index is 1350. The number of carbonyl (C=O) groups is 2. The Morgan fingerprint density at radius 1 is 1.09 bits per heavy atom. The number of carbonyl (C=O) groups excluding carboxylic acids is 2. The molecule has 1 atom stereocenters. The van der Waals surface area contributed by atoms with E-state index in [2.05, 4.69) is 4.98 Å². The summed E-state index contributed by atoms with van der Waals surface area (Å²) >= 11 is 1.51. The number of thiazole rings is 1. The number of aromatic nitrogens is 2. The summed E-state index contributed by atoms with van der Waals surface area (Å²) in [6, 6.07) is 18.8. The van der Waals surface area contributed by atoms with E-state index in [-0.39, 0.29) is 18.2 Å². The number of Topliss-reactive ketones (excluding diaryl/α,β-unsaturated/α-hetero) is 1. The Morgan fingerprint density at radius 3 is 2.65 bits per heavy atom. The van der Waals surface area contributed by atoms with Crippen LogP contribution in [0.1, 0.15) is 29.3 Å². The number of amides is 1. The predicted molar refractivity (Wildman–Crippen MR) is 133 cm³/mol. The highest BCUT2D eigenvalue weighted by atomic mass is 32.1. The van der Waals surface area contributed by atoms with Gasteiger partial charge in [0.1, 0.15) is 10.8 Å². The van der Waals surface area contributed by atoms with Crippen molar-refractivity contribution in [2.45, 2.75) is 26.4 Å². The van der Waals surface area contributed by atoms with Crippen LogP contribution in [-0.2, 0) is 4.79 Å². The van der Waals surface area contributed by atoms with Gasteiger partial charge in [0.25, 0.3) is 5.91 Å². The van der Waals surface area contributed by atoms with Crippen LogP contribution in [0.3, 0.4) is 0 Å². The maximum atomic E-state index is 13.2. The Balaban J connectivity index is 1.49. The molecule has 1 amide bonds. The van der Waals surface area contributed by atoms with Gasteiger partial charge in [0.05, 0.1) is 23.6 Å². The third kappa shape index (κ3) is 4.22. The van der Waals surface area contributed by atoms with Gasteiger partial charge in [0.2, 0.25) is 0 Å². The fourth-order valence-corrected chi connectivity index (χ4v) is 4.70. The molecule has 0 fully saturated rings. The Labute approximate surface area is 201 Å². The highest BCUT2D eigenvalue weighted by Crippen LogP contribution is 2.39. The van der Waals surface area contributed by atoms with E-state index in [9.17, 15) is 9.59 Å². The molecule has 0 radical (unpaired) electrons. The molecule has 1 unspecified atom stereocenters. The lowest BCUT2D eigenvalue weighted by Crippen LogP contribution is -2.47. The van der Waals surface area contributed by atoms with Crippen molar-refractivity contribution in [1.29, 1.82) is 0 Å². The number of benzene rings is 2. The molecule has 0 saturated heterocycles. The van der Waals surface area contributed by atoms with Gasteiger partial charge in [0, 0.05) is 22.7 Å². The van der Waals surface area contributed by atoms with Gasteiger partial charge in [0.15, 0.2) is 11.9 Å². The van der Waals surface area contributed by atoms with E-state index in [1.807, 2.05) is 67.8 Å². The zero-order valence-electron chi connectivity index (χ0n) is 18.9. The molecular weight excluding hydrogens is 446 g/mol. The highest BCUT2D eigenvalue weighted by Gasteiger charge is 2.35. The first kappa shape index (κ1) is 22.0. The van der Waals surface area contributed by atoms with E-state index in [1.165, 1.54) is 11.3 Å². The molecule has 3 heterocycles. The lowest BCUT2D eigenvalue weighted by Gasteiger charge is -2.34. The molecule has 2 aromatic heterocycles. The lowest BCUT2D eigenvalue weighted by molar-refractivity contribution is -0.126. The monoisotopic (exact) mass is 469 g/mol. The molecule has 6 nitrogen and oxygen atoms in total. The number of hydrogen-bond acceptors (Lipinski definition) is 6. The van der Waals surface area contributed by atoms with Crippen molar-refractivity contribution in [1.82, 2.24) is 9.97 Å². The van der Waals surface area contributed by atoms with Gasteiger partial charge in [-0.3, -0.25) is 19.5 Å². The number of rotatable bonds is 6. The topological polar surface area (TPSA) is 72.4 Å². The predicted octanol–water partition coefficient (Wildman–Crippen LogP) is 5.57. The van der Waals surface area contributed by atoms with Gasteiger partial charge >= 0.3 is 0 Å². The molecule has 2 aromatic carbocycles. The summed E-state index contributed by atoms with van der Waals surface area (Å²) in [7, 11) is 0. The first-order valence-electron chi connectivity index (χ1n) is 11.1. The number of aryl methyl sites for hydroxylation is 1. The Morgan fingerprint density at radius 2 is 1.91 bits per heavy atom. The molecule has 170 valence electrons. The first-order valence-corrected chi connectivity index (χ1v) is 12.0. The van der Waals surface area contributed by atoms with E-state index in [4.69, 9.17) is 9.72 Å². The second kappa shape index (κ2) is 9.19. The van der Waals surface area contributed by atoms with E-state index < -0.39 is 6.10 Å². The smallest absolute Gasteiger partial charge is 0.268 e. The molecule has 5 rings (SSSR count). The number of fused-ring (bicyclic) bond motifs is 1. The fraction of sp³-hybridized carbons (Fsp3) is 0.185. The van der Waals surface area contributed by atoms with Crippen LogP contribution in [0.5, 0.6) is 5.75 Å². The van der Waals surface area contributed by atoms with Crippen LogP contribution in [0, 0.1) is 6.92 Å². The summed E-state index contributed by atoms with van der Waals surface area (Å²) in [5, 5.41) is 2.78. The summed E-state index contributed by atoms with van der Waals surface area (Å²) in [6.45, 7) is 3.83. The SMILES string of the molecule is CCC1Oc2ccc(-c3csc(-c4ccccn4)n3)cc2N(CC(=O)c2ccc(C)cc2)C1=O. The number of ketones is 1. The van der Waals surface area contributed by atoms with E-state index >= 15 is 0 Å². The van der Waals surface area contributed by atoms with E-state index in [1.54, 1.807) is 23.2 Å². The van der Waals surface area contributed by atoms with Crippen molar-refractivity contribution in [3.05, 3.63) is 83.4 Å². The number of nitrogens with zero attached hydrogens (tertiary/aromatic N) is 3. The van der Waals surface area contributed by atoms with E-state index in [0.717, 1.165) is 27.5 Å². The van der Waals surface area contributed by atoms with Crippen LogP contribution in [0.2, 0.25) is 0 Å². The van der Waals surface area contributed by atoms with Gasteiger partial charge in [-0.2, -0.15) is 0 Å². The highest BCUT2D eigenvalue weighted by molar-refractivity contribution is 7.13. The number of ether oxygens (including phenoxy) is 1. The van der Waals surface area contributed by atoms with Crippen LogP contribution in [0.15, 0.2) is 72.2 Å². The standard InChI is InChI=1S/C27H23N3O3S/c1-3-24-27(32)30(15-23(31)18-9-7-17(2)8-10-18)22-14-19(11-12-25(22)33-24)21-16-34-26(29-21)20-6-4-5-13-28-20/h4-14,16,24H,3,15H2,1-2H3. The van der Waals surface area contributed by atoms with Crippen LogP contribution < -0.4 is 9.64 Å². The largest absolute Gasteiger partial charge is 0.478 e. The average Bonchev–Trinajstić information content (AvgIpc) is 3.36. The number of pyridine rings is 1. The van der Waals surface area contributed by atoms with Crippen LogP contribution in [0.25, 0.3) is 22.0 Å². The molecule has 7 heteroatoms. The first-order chi connectivity index (χ1) is 16.5. The molecule has 34 heavy (non-hydrogen) atoms. The van der Waals surface area contributed by atoms with Crippen molar-refractivity contribution in [2.24, 2.45) is 0 Å². The van der Waals surface area contributed by atoms with Crippen molar-refractivity contribution < 1.29 is 14.3 Å². The zero-order valence-corrected chi connectivity index (χ0v) is 19.7. The van der Waals surface area contributed by atoms with Crippen molar-refractivity contribution in [3.63, 3.8) is 0 Å².